The van der Waals surface area contributed by atoms with E-state index in [1.807, 2.05) is 19.1 Å². The predicted molar refractivity (Wildman–Crippen MR) is 77.1 cm³/mol. The highest BCUT2D eigenvalue weighted by atomic mass is 16.5. The smallest absolute Gasteiger partial charge is 0.142 e. The number of ether oxygens (including phenoxy) is 1. The first-order chi connectivity index (χ1) is 9.08. The number of hydrogen-bond donors (Lipinski definition) is 1. The topological polar surface area (TPSA) is 48.1 Å². The summed E-state index contributed by atoms with van der Waals surface area (Å²) in [6.07, 6.45) is 0. The summed E-state index contributed by atoms with van der Waals surface area (Å²) in [5, 5.41) is 0. The average Bonchev–Trinajstić information content (AvgIpc) is 2.36. The molecule has 0 fully saturated rings. The Morgan fingerprint density at radius 2 is 1.74 bits per heavy atom. The molecular formula is C16H20N2O. The van der Waals surface area contributed by atoms with E-state index in [1.165, 1.54) is 16.7 Å². The van der Waals surface area contributed by atoms with Crippen LogP contribution >= 0.6 is 0 Å². The summed E-state index contributed by atoms with van der Waals surface area (Å²) in [5.74, 6) is 0.771. The highest BCUT2D eigenvalue weighted by molar-refractivity contribution is 5.31. The number of nitrogens with zero attached hydrogens (tertiary/aromatic N) is 1. The van der Waals surface area contributed by atoms with Gasteiger partial charge in [0.2, 0.25) is 0 Å². The molecule has 2 rings (SSSR count). The van der Waals surface area contributed by atoms with Gasteiger partial charge >= 0.3 is 0 Å². The minimum Gasteiger partial charge on any atom is -0.487 e. The van der Waals surface area contributed by atoms with Gasteiger partial charge < -0.3 is 10.5 Å². The summed E-state index contributed by atoms with van der Waals surface area (Å²) in [5.41, 5.74) is 11.1. The second kappa shape index (κ2) is 5.85. The molecule has 0 saturated carbocycles. The van der Waals surface area contributed by atoms with Gasteiger partial charge in [-0.1, -0.05) is 29.3 Å². The first-order valence-corrected chi connectivity index (χ1v) is 6.45. The maximum absolute atomic E-state index is 5.84. The third-order valence-corrected chi connectivity index (χ3v) is 2.94. The fourth-order valence-electron chi connectivity index (χ4n) is 2.19. The molecule has 2 aromatic rings. The maximum atomic E-state index is 5.84. The quantitative estimate of drug-likeness (QED) is 0.914. The van der Waals surface area contributed by atoms with E-state index < -0.39 is 0 Å². The van der Waals surface area contributed by atoms with Gasteiger partial charge in [0.15, 0.2) is 0 Å². The second-order valence-electron chi connectivity index (χ2n) is 4.89. The number of nitrogens with two attached hydrogens (primary N) is 1. The summed E-state index contributed by atoms with van der Waals surface area (Å²) >= 11 is 0. The van der Waals surface area contributed by atoms with Crippen molar-refractivity contribution in [2.75, 3.05) is 0 Å². The zero-order valence-electron chi connectivity index (χ0n) is 11.7. The normalized spacial score (nSPS) is 10.5. The molecule has 0 unspecified atom stereocenters. The Morgan fingerprint density at radius 1 is 1.05 bits per heavy atom. The van der Waals surface area contributed by atoms with Crippen LogP contribution in [0.4, 0.5) is 0 Å². The van der Waals surface area contributed by atoms with Crippen LogP contribution in [0.5, 0.6) is 5.75 Å². The lowest BCUT2D eigenvalue weighted by Crippen LogP contribution is -2.06. The Bertz CT molecular complexity index is 559. The van der Waals surface area contributed by atoms with Crippen LogP contribution < -0.4 is 10.5 Å². The van der Waals surface area contributed by atoms with Crippen molar-refractivity contribution in [3.8, 4) is 5.75 Å². The summed E-state index contributed by atoms with van der Waals surface area (Å²) in [7, 11) is 0. The van der Waals surface area contributed by atoms with Crippen molar-refractivity contribution in [3.05, 3.63) is 58.4 Å². The molecule has 3 nitrogen and oxygen atoms in total. The molecule has 0 atom stereocenters. The second-order valence-corrected chi connectivity index (χ2v) is 4.89. The van der Waals surface area contributed by atoms with E-state index in [2.05, 4.69) is 37.0 Å². The Morgan fingerprint density at radius 3 is 2.37 bits per heavy atom. The summed E-state index contributed by atoms with van der Waals surface area (Å²) in [4.78, 5) is 4.39. The van der Waals surface area contributed by atoms with Gasteiger partial charge in [-0.05, 0) is 38.5 Å². The van der Waals surface area contributed by atoms with E-state index in [-0.39, 0.29) is 0 Å². The van der Waals surface area contributed by atoms with Crippen LogP contribution in [0.2, 0.25) is 0 Å². The molecule has 0 spiro atoms. The van der Waals surface area contributed by atoms with Crippen molar-refractivity contribution >= 4 is 0 Å². The van der Waals surface area contributed by atoms with Crippen molar-refractivity contribution in [2.45, 2.75) is 33.9 Å². The van der Waals surface area contributed by atoms with Gasteiger partial charge in [-0.25, -0.2) is 0 Å². The molecule has 0 bridgehead atoms. The molecule has 1 aromatic carbocycles. The Labute approximate surface area is 114 Å². The minimum absolute atomic E-state index is 0.393. The van der Waals surface area contributed by atoms with Gasteiger partial charge in [-0.15, -0.1) is 0 Å². The van der Waals surface area contributed by atoms with Crippen LogP contribution in [0.1, 0.15) is 28.1 Å². The van der Waals surface area contributed by atoms with Crippen molar-refractivity contribution in [1.82, 2.24) is 4.98 Å². The highest BCUT2D eigenvalue weighted by Gasteiger charge is 2.05. The number of benzene rings is 1. The third kappa shape index (κ3) is 3.55. The molecule has 1 aromatic heterocycles. The number of hydrogen-bond acceptors (Lipinski definition) is 3. The van der Waals surface area contributed by atoms with Gasteiger partial charge in [0.25, 0.3) is 0 Å². The van der Waals surface area contributed by atoms with E-state index in [4.69, 9.17) is 10.5 Å². The SMILES string of the molecule is Cc1cc(C)cc(COc2ccc(C)nc2CN)c1. The maximum Gasteiger partial charge on any atom is 0.142 e. The largest absolute Gasteiger partial charge is 0.487 e. The summed E-state index contributed by atoms with van der Waals surface area (Å²) < 4.78 is 5.84. The number of pyridine rings is 1. The monoisotopic (exact) mass is 256 g/mol. The van der Waals surface area contributed by atoms with Gasteiger partial charge in [-0.3, -0.25) is 4.98 Å². The van der Waals surface area contributed by atoms with E-state index in [0.29, 0.717) is 13.2 Å². The minimum atomic E-state index is 0.393. The van der Waals surface area contributed by atoms with Gasteiger partial charge in [0, 0.05) is 12.2 Å². The fourth-order valence-corrected chi connectivity index (χ4v) is 2.19. The zero-order chi connectivity index (χ0) is 13.8. The molecule has 0 aliphatic carbocycles. The molecule has 0 aliphatic rings. The van der Waals surface area contributed by atoms with Crippen molar-refractivity contribution in [3.63, 3.8) is 0 Å². The molecule has 0 amide bonds. The molecule has 0 aliphatic heterocycles. The lowest BCUT2D eigenvalue weighted by molar-refractivity contribution is 0.301. The van der Waals surface area contributed by atoms with Gasteiger partial charge in [-0.2, -0.15) is 0 Å². The molecule has 3 heteroatoms. The van der Waals surface area contributed by atoms with Gasteiger partial charge in [0.05, 0.1) is 5.69 Å². The van der Waals surface area contributed by atoms with E-state index >= 15 is 0 Å². The third-order valence-electron chi connectivity index (χ3n) is 2.94. The number of aromatic nitrogens is 1. The van der Waals surface area contributed by atoms with Crippen molar-refractivity contribution < 1.29 is 4.74 Å². The van der Waals surface area contributed by atoms with Crippen molar-refractivity contribution in [1.29, 1.82) is 0 Å². The zero-order valence-corrected chi connectivity index (χ0v) is 11.7. The van der Waals surface area contributed by atoms with Crippen LogP contribution in [0.25, 0.3) is 0 Å². The summed E-state index contributed by atoms with van der Waals surface area (Å²) in [6, 6.07) is 10.3. The Hall–Kier alpha value is -1.87. The molecule has 2 N–H and O–H groups in total. The fraction of sp³-hybridized carbons (Fsp3) is 0.312. The first kappa shape index (κ1) is 13.6. The molecule has 19 heavy (non-hydrogen) atoms. The molecule has 0 radical (unpaired) electrons. The standard InChI is InChI=1S/C16H20N2O/c1-11-6-12(2)8-14(7-11)10-19-16-5-4-13(3)18-15(16)9-17/h4-8H,9-10,17H2,1-3H3. The Balaban J connectivity index is 2.14. The summed E-state index contributed by atoms with van der Waals surface area (Å²) in [6.45, 7) is 7.07. The lowest BCUT2D eigenvalue weighted by atomic mass is 10.1. The highest BCUT2D eigenvalue weighted by Crippen LogP contribution is 2.18. The Kier molecular flexibility index (Phi) is 4.17. The van der Waals surface area contributed by atoms with E-state index in [0.717, 1.165) is 17.1 Å². The molecule has 0 saturated heterocycles. The molecular weight excluding hydrogens is 236 g/mol. The van der Waals surface area contributed by atoms with Crippen LogP contribution in [0, 0.1) is 20.8 Å². The van der Waals surface area contributed by atoms with Crippen molar-refractivity contribution in [2.24, 2.45) is 5.73 Å². The number of rotatable bonds is 4. The molecule has 100 valence electrons. The average molecular weight is 256 g/mol. The van der Waals surface area contributed by atoms with Crippen LogP contribution in [0.15, 0.2) is 30.3 Å². The van der Waals surface area contributed by atoms with Crippen LogP contribution in [-0.2, 0) is 13.2 Å². The van der Waals surface area contributed by atoms with E-state index in [9.17, 15) is 0 Å². The predicted octanol–water partition coefficient (Wildman–Crippen LogP) is 3.04. The van der Waals surface area contributed by atoms with Crippen LogP contribution in [-0.4, -0.2) is 4.98 Å². The van der Waals surface area contributed by atoms with E-state index in [1.54, 1.807) is 0 Å². The number of aryl methyl sites for hydroxylation is 3. The van der Waals surface area contributed by atoms with Gasteiger partial charge in [0.1, 0.15) is 12.4 Å². The van der Waals surface area contributed by atoms with Crippen LogP contribution in [0.3, 0.4) is 0 Å². The lowest BCUT2D eigenvalue weighted by Gasteiger charge is -2.11. The molecule has 1 heterocycles. The first-order valence-electron chi connectivity index (χ1n) is 6.45.